The first kappa shape index (κ1) is 16.1. The molecule has 20 heavy (non-hydrogen) atoms. The van der Waals surface area contributed by atoms with Crippen LogP contribution in [0, 0.1) is 17.0 Å². The summed E-state index contributed by atoms with van der Waals surface area (Å²) in [6.45, 7) is 1.62. The SMILES string of the molecule is COC(=O)CCC(N)C(O)c1ccc(C)c([N+](=O)[O-])c1. The van der Waals surface area contributed by atoms with E-state index in [1.54, 1.807) is 19.1 Å². The van der Waals surface area contributed by atoms with Crippen molar-refractivity contribution in [3.8, 4) is 0 Å². The number of carbonyl (C=O) groups is 1. The zero-order chi connectivity index (χ0) is 15.3. The number of nitro benzene ring substituents is 1. The smallest absolute Gasteiger partial charge is 0.305 e. The van der Waals surface area contributed by atoms with Crippen LogP contribution in [0.25, 0.3) is 0 Å². The highest BCUT2D eigenvalue weighted by Gasteiger charge is 2.21. The third-order valence-corrected chi connectivity index (χ3v) is 3.09. The van der Waals surface area contributed by atoms with Crippen molar-refractivity contribution >= 4 is 11.7 Å². The van der Waals surface area contributed by atoms with Crippen LogP contribution in [0.3, 0.4) is 0 Å². The summed E-state index contributed by atoms with van der Waals surface area (Å²) in [5, 5.41) is 20.9. The average Bonchev–Trinajstić information content (AvgIpc) is 2.43. The molecule has 0 fully saturated rings. The van der Waals surface area contributed by atoms with Gasteiger partial charge in [-0.15, -0.1) is 0 Å². The molecule has 1 rings (SSSR count). The Labute approximate surface area is 116 Å². The van der Waals surface area contributed by atoms with E-state index in [4.69, 9.17) is 5.73 Å². The minimum absolute atomic E-state index is 0.0679. The Morgan fingerprint density at radius 3 is 2.75 bits per heavy atom. The summed E-state index contributed by atoms with van der Waals surface area (Å²) in [5.74, 6) is -0.414. The van der Waals surface area contributed by atoms with Gasteiger partial charge in [-0.2, -0.15) is 0 Å². The topological polar surface area (TPSA) is 116 Å². The molecular weight excluding hydrogens is 264 g/mol. The van der Waals surface area contributed by atoms with Gasteiger partial charge in [-0.25, -0.2) is 0 Å². The molecule has 0 aromatic heterocycles. The third-order valence-electron chi connectivity index (χ3n) is 3.09. The largest absolute Gasteiger partial charge is 0.469 e. The first-order chi connectivity index (χ1) is 9.36. The molecule has 0 spiro atoms. The molecule has 0 bridgehead atoms. The highest BCUT2D eigenvalue weighted by Crippen LogP contribution is 2.25. The molecular formula is C13H18N2O5. The monoisotopic (exact) mass is 282 g/mol. The van der Waals surface area contributed by atoms with E-state index in [1.807, 2.05) is 0 Å². The lowest BCUT2D eigenvalue weighted by Crippen LogP contribution is -2.29. The fourth-order valence-electron chi connectivity index (χ4n) is 1.80. The molecule has 3 N–H and O–H groups in total. The molecule has 0 heterocycles. The molecule has 1 aromatic carbocycles. The summed E-state index contributed by atoms with van der Waals surface area (Å²) in [5.41, 5.74) is 6.59. The molecule has 2 atom stereocenters. The highest BCUT2D eigenvalue weighted by atomic mass is 16.6. The minimum atomic E-state index is -1.07. The van der Waals surface area contributed by atoms with Gasteiger partial charge in [0.05, 0.1) is 18.1 Å². The van der Waals surface area contributed by atoms with Crippen LogP contribution in [0.1, 0.15) is 30.1 Å². The second-order valence-corrected chi connectivity index (χ2v) is 4.53. The van der Waals surface area contributed by atoms with Crippen molar-refractivity contribution in [3.05, 3.63) is 39.4 Å². The number of aliphatic hydroxyl groups is 1. The van der Waals surface area contributed by atoms with Gasteiger partial charge in [0.25, 0.3) is 5.69 Å². The lowest BCUT2D eigenvalue weighted by atomic mass is 9.97. The van der Waals surface area contributed by atoms with Crippen molar-refractivity contribution in [3.63, 3.8) is 0 Å². The van der Waals surface area contributed by atoms with E-state index in [2.05, 4.69) is 4.74 Å². The number of ether oxygens (including phenoxy) is 1. The minimum Gasteiger partial charge on any atom is -0.469 e. The van der Waals surface area contributed by atoms with Crippen LogP contribution in [0.2, 0.25) is 0 Å². The van der Waals surface area contributed by atoms with E-state index >= 15 is 0 Å². The molecule has 7 heteroatoms. The maximum Gasteiger partial charge on any atom is 0.305 e. The van der Waals surface area contributed by atoms with Gasteiger partial charge in [0.1, 0.15) is 0 Å². The Balaban J connectivity index is 2.81. The van der Waals surface area contributed by atoms with Crippen molar-refractivity contribution in [2.45, 2.75) is 31.9 Å². The quantitative estimate of drug-likeness (QED) is 0.460. The number of aliphatic hydroxyl groups excluding tert-OH is 1. The van der Waals surface area contributed by atoms with E-state index in [-0.39, 0.29) is 18.5 Å². The molecule has 0 radical (unpaired) electrons. The number of nitrogens with two attached hydrogens (primary N) is 1. The van der Waals surface area contributed by atoms with Crippen LogP contribution in [-0.2, 0) is 9.53 Å². The number of rotatable bonds is 6. The molecule has 0 aliphatic carbocycles. The van der Waals surface area contributed by atoms with Crippen molar-refractivity contribution in [2.24, 2.45) is 5.73 Å². The van der Waals surface area contributed by atoms with Crippen LogP contribution in [-0.4, -0.2) is 29.2 Å². The standard InChI is InChI=1S/C13H18N2O5/c1-8-3-4-9(7-11(8)15(18)19)13(17)10(14)5-6-12(16)20-2/h3-4,7,10,13,17H,5-6,14H2,1-2H3. The summed E-state index contributed by atoms with van der Waals surface area (Å²) in [7, 11) is 1.27. The molecule has 0 aliphatic heterocycles. The third kappa shape index (κ3) is 4.01. The van der Waals surface area contributed by atoms with Crippen LogP contribution < -0.4 is 5.73 Å². The van der Waals surface area contributed by atoms with Crippen LogP contribution >= 0.6 is 0 Å². The average molecular weight is 282 g/mol. The maximum atomic E-state index is 11.0. The first-order valence-electron chi connectivity index (χ1n) is 6.12. The van der Waals surface area contributed by atoms with E-state index in [0.29, 0.717) is 11.1 Å². The van der Waals surface area contributed by atoms with E-state index in [1.165, 1.54) is 13.2 Å². The van der Waals surface area contributed by atoms with Crippen molar-refractivity contribution in [1.29, 1.82) is 0 Å². The summed E-state index contributed by atoms with van der Waals surface area (Å²) in [4.78, 5) is 21.4. The fourth-order valence-corrected chi connectivity index (χ4v) is 1.80. The maximum absolute atomic E-state index is 11.0. The van der Waals surface area contributed by atoms with Gasteiger partial charge >= 0.3 is 5.97 Å². The number of aryl methyl sites for hydroxylation is 1. The Morgan fingerprint density at radius 1 is 1.55 bits per heavy atom. The number of carbonyl (C=O) groups excluding carboxylic acids is 1. The Morgan fingerprint density at radius 2 is 2.20 bits per heavy atom. The molecule has 1 aromatic rings. The second-order valence-electron chi connectivity index (χ2n) is 4.53. The summed E-state index contributed by atoms with van der Waals surface area (Å²) >= 11 is 0. The van der Waals surface area contributed by atoms with Gasteiger partial charge in [-0.1, -0.05) is 12.1 Å². The normalized spacial score (nSPS) is 13.6. The predicted octanol–water partition coefficient (Wildman–Crippen LogP) is 1.22. The number of esters is 1. The lowest BCUT2D eigenvalue weighted by molar-refractivity contribution is -0.385. The number of hydrogen-bond acceptors (Lipinski definition) is 6. The van der Waals surface area contributed by atoms with Gasteiger partial charge in [-0.3, -0.25) is 14.9 Å². The lowest BCUT2D eigenvalue weighted by Gasteiger charge is -2.18. The molecule has 2 unspecified atom stereocenters. The van der Waals surface area contributed by atoms with Gasteiger partial charge < -0.3 is 15.6 Å². The summed E-state index contributed by atoms with van der Waals surface area (Å²) in [6.07, 6.45) is -0.753. The van der Waals surface area contributed by atoms with Gasteiger partial charge in [0.2, 0.25) is 0 Å². The molecule has 0 amide bonds. The zero-order valence-electron chi connectivity index (χ0n) is 11.4. The molecule has 0 saturated carbocycles. The van der Waals surface area contributed by atoms with Crippen molar-refractivity contribution in [1.82, 2.24) is 0 Å². The number of hydrogen-bond donors (Lipinski definition) is 2. The van der Waals surface area contributed by atoms with Crippen LogP contribution in [0.15, 0.2) is 18.2 Å². The van der Waals surface area contributed by atoms with E-state index in [9.17, 15) is 20.0 Å². The number of nitro groups is 1. The number of methoxy groups -OCH3 is 1. The Bertz CT molecular complexity index is 504. The Kier molecular flexibility index (Phi) is 5.60. The number of nitrogens with zero attached hydrogens (tertiary/aromatic N) is 1. The molecule has 110 valence electrons. The van der Waals surface area contributed by atoms with E-state index < -0.39 is 23.0 Å². The van der Waals surface area contributed by atoms with Crippen molar-refractivity contribution in [2.75, 3.05) is 7.11 Å². The molecule has 7 nitrogen and oxygen atoms in total. The van der Waals surface area contributed by atoms with Crippen molar-refractivity contribution < 1.29 is 19.6 Å². The predicted molar refractivity (Wildman–Crippen MR) is 72.0 cm³/mol. The molecule has 0 saturated heterocycles. The van der Waals surface area contributed by atoms with Gasteiger partial charge in [0, 0.05) is 24.1 Å². The summed E-state index contributed by atoms with van der Waals surface area (Å²) < 4.78 is 4.49. The van der Waals surface area contributed by atoms with E-state index in [0.717, 1.165) is 0 Å². The molecule has 0 aliphatic rings. The zero-order valence-corrected chi connectivity index (χ0v) is 11.4. The van der Waals surface area contributed by atoms with Gasteiger partial charge in [-0.05, 0) is 18.9 Å². The second kappa shape index (κ2) is 6.97. The summed E-state index contributed by atoms with van der Waals surface area (Å²) in [6, 6.07) is 3.75. The Hall–Kier alpha value is -1.99. The van der Waals surface area contributed by atoms with Crippen LogP contribution in [0.4, 0.5) is 5.69 Å². The fraction of sp³-hybridized carbons (Fsp3) is 0.462. The van der Waals surface area contributed by atoms with Gasteiger partial charge in [0.15, 0.2) is 0 Å². The number of benzene rings is 1. The first-order valence-corrected chi connectivity index (χ1v) is 6.12. The highest BCUT2D eigenvalue weighted by molar-refractivity contribution is 5.69. The van der Waals surface area contributed by atoms with Crippen LogP contribution in [0.5, 0.6) is 0 Å².